The van der Waals surface area contributed by atoms with Crippen LogP contribution in [0.1, 0.15) is 15.6 Å². The molecule has 16 heavy (non-hydrogen) atoms. The molecule has 0 saturated heterocycles. The number of rotatable bonds is 5. The van der Waals surface area contributed by atoms with Gasteiger partial charge in [-0.05, 0) is 19.1 Å². The number of hydrogen-bond donors (Lipinski definition) is 1. The van der Waals surface area contributed by atoms with Crippen LogP contribution in [0.3, 0.4) is 0 Å². The Morgan fingerprint density at radius 1 is 1.31 bits per heavy atom. The van der Waals surface area contributed by atoms with Crippen molar-refractivity contribution < 1.29 is 0 Å². The third-order valence-corrected chi connectivity index (χ3v) is 3.17. The summed E-state index contributed by atoms with van der Waals surface area (Å²) in [5.41, 5.74) is 1.13. The maximum atomic E-state index is 4.28. The van der Waals surface area contributed by atoms with Crippen molar-refractivity contribution in [1.82, 2.24) is 15.3 Å². The van der Waals surface area contributed by atoms with Crippen molar-refractivity contribution in [3.8, 4) is 0 Å². The molecule has 2 rings (SSSR count). The Bertz CT molecular complexity index is 425. The van der Waals surface area contributed by atoms with Crippen LogP contribution in [0.15, 0.2) is 30.6 Å². The van der Waals surface area contributed by atoms with Gasteiger partial charge in [0.1, 0.15) is 0 Å². The molecular weight excluding hydrogens is 218 g/mol. The molecule has 0 bridgehead atoms. The Hall–Kier alpha value is -1.26. The summed E-state index contributed by atoms with van der Waals surface area (Å²) in [5.74, 6) is 0. The molecule has 2 heterocycles. The molecule has 0 saturated carbocycles. The zero-order valence-corrected chi connectivity index (χ0v) is 10.1. The van der Waals surface area contributed by atoms with Crippen molar-refractivity contribution in [2.24, 2.45) is 0 Å². The average molecular weight is 233 g/mol. The zero-order valence-electron chi connectivity index (χ0n) is 9.31. The van der Waals surface area contributed by atoms with Crippen LogP contribution >= 0.6 is 11.3 Å². The lowest BCUT2D eigenvalue weighted by Crippen LogP contribution is -2.16. The van der Waals surface area contributed by atoms with E-state index in [9.17, 15) is 0 Å². The van der Waals surface area contributed by atoms with E-state index in [1.54, 1.807) is 11.3 Å². The van der Waals surface area contributed by atoms with E-state index in [0.29, 0.717) is 0 Å². The summed E-state index contributed by atoms with van der Waals surface area (Å²) in [6.45, 7) is 3.88. The van der Waals surface area contributed by atoms with Gasteiger partial charge < -0.3 is 5.32 Å². The molecule has 0 amide bonds. The van der Waals surface area contributed by atoms with Gasteiger partial charge in [0.25, 0.3) is 0 Å². The number of aromatic nitrogens is 2. The molecule has 4 heteroatoms. The van der Waals surface area contributed by atoms with Crippen molar-refractivity contribution in [3.63, 3.8) is 0 Å². The van der Waals surface area contributed by atoms with Crippen molar-refractivity contribution in [2.75, 3.05) is 6.54 Å². The summed E-state index contributed by atoms with van der Waals surface area (Å²) < 4.78 is 0. The molecule has 0 atom stereocenters. The molecule has 2 aromatic rings. The van der Waals surface area contributed by atoms with Gasteiger partial charge in [-0.3, -0.25) is 4.98 Å². The molecule has 0 radical (unpaired) electrons. The molecule has 0 aliphatic heterocycles. The molecule has 3 nitrogen and oxygen atoms in total. The van der Waals surface area contributed by atoms with Gasteiger partial charge in [-0.25, -0.2) is 4.98 Å². The van der Waals surface area contributed by atoms with Gasteiger partial charge in [0, 0.05) is 42.5 Å². The van der Waals surface area contributed by atoms with E-state index in [2.05, 4.69) is 21.4 Å². The van der Waals surface area contributed by atoms with Gasteiger partial charge in [0.2, 0.25) is 0 Å². The van der Waals surface area contributed by atoms with Crippen molar-refractivity contribution in [3.05, 3.63) is 46.2 Å². The highest BCUT2D eigenvalue weighted by molar-refractivity contribution is 7.11. The maximum absolute atomic E-state index is 4.28. The lowest BCUT2D eigenvalue weighted by atomic mass is 10.3. The Morgan fingerprint density at radius 2 is 2.25 bits per heavy atom. The summed E-state index contributed by atoms with van der Waals surface area (Å²) in [7, 11) is 0. The summed E-state index contributed by atoms with van der Waals surface area (Å²) in [5, 5.41) is 4.52. The highest BCUT2D eigenvalue weighted by Gasteiger charge is 1.97. The molecule has 84 valence electrons. The van der Waals surface area contributed by atoms with Gasteiger partial charge in [-0.15, -0.1) is 11.3 Å². The van der Waals surface area contributed by atoms with Crippen LogP contribution in [0.25, 0.3) is 0 Å². The predicted molar refractivity (Wildman–Crippen MR) is 66.5 cm³/mol. The Labute approximate surface area is 99.6 Å². The number of aryl methyl sites for hydroxylation is 1. The van der Waals surface area contributed by atoms with E-state index in [4.69, 9.17) is 0 Å². The first-order chi connectivity index (χ1) is 7.84. The highest BCUT2D eigenvalue weighted by Crippen LogP contribution is 2.10. The second-order valence-corrected chi connectivity index (χ2v) is 4.91. The topological polar surface area (TPSA) is 37.8 Å². The standard InChI is InChI=1S/C12H15N3S/c1-10-15-9-12(16-10)8-13-7-5-11-4-2-3-6-14-11/h2-4,6,9,13H,5,7-8H2,1H3. The molecule has 0 aliphatic carbocycles. The number of pyridine rings is 1. The van der Waals surface area contributed by atoms with Crippen LogP contribution in [0.5, 0.6) is 0 Å². The number of thiazole rings is 1. The van der Waals surface area contributed by atoms with Crippen LogP contribution in [0.2, 0.25) is 0 Å². The number of nitrogens with one attached hydrogen (secondary N) is 1. The number of hydrogen-bond acceptors (Lipinski definition) is 4. The highest BCUT2D eigenvalue weighted by atomic mass is 32.1. The van der Waals surface area contributed by atoms with Gasteiger partial charge >= 0.3 is 0 Å². The van der Waals surface area contributed by atoms with E-state index in [1.165, 1.54) is 4.88 Å². The van der Waals surface area contributed by atoms with E-state index in [0.717, 1.165) is 30.2 Å². The Kier molecular flexibility index (Phi) is 4.02. The molecule has 2 aromatic heterocycles. The van der Waals surface area contributed by atoms with Crippen LogP contribution in [0.4, 0.5) is 0 Å². The second kappa shape index (κ2) is 5.72. The molecule has 0 fully saturated rings. The van der Waals surface area contributed by atoms with Crippen molar-refractivity contribution in [1.29, 1.82) is 0 Å². The van der Waals surface area contributed by atoms with Crippen LogP contribution in [0, 0.1) is 6.92 Å². The molecule has 0 spiro atoms. The minimum absolute atomic E-state index is 0.901. The fourth-order valence-corrected chi connectivity index (χ4v) is 2.23. The maximum Gasteiger partial charge on any atom is 0.0897 e. The predicted octanol–water partition coefficient (Wildman–Crippen LogP) is 2.18. The summed E-state index contributed by atoms with van der Waals surface area (Å²) in [6.07, 6.45) is 4.74. The fourth-order valence-electron chi connectivity index (χ4n) is 1.46. The molecule has 0 unspecified atom stereocenters. The van der Waals surface area contributed by atoms with Crippen LogP contribution < -0.4 is 5.32 Å². The average Bonchev–Trinajstić information content (AvgIpc) is 2.72. The SMILES string of the molecule is Cc1ncc(CNCCc2ccccn2)s1. The normalized spacial score (nSPS) is 10.6. The summed E-state index contributed by atoms with van der Waals surface area (Å²) >= 11 is 1.74. The molecule has 0 aliphatic rings. The minimum atomic E-state index is 0.901. The third kappa shape index (κ3) is 3.40. The van der Waals surface area contributed by atoms with Gasteiger partial charge in [0.05, 0.1) is 5.01 Å². The lowest BCUT2D eigenvalue weighted by molar-refractivity contribution is 0.685. The molecule has 1 N–H and O–H groups in total. The molecule has 0 aromatic carbocycles. The van der Waals surface area contributed by atoms with Crippen LogP contribution in [-0.2, 0) is 13.0 Å². The van der Waals surface area contributed by atoms with Gasteiger partial charge in [-0.1, -0.05) is 6.07 Å². The fraction of sp³-hybridized carbons (Fsp3) is 0.333. The van der Waals surface area contributed by atoms with Crippen LogP contribution in [-0.4, -0.2) is 16.5 Å². The van der Waals surface area contributed by atoms with E-state index in [1.807, 2.05) is 31.5 Å². The number of nitrogens with zero attached hydrogens (tertiary/aromatic N) is 2. The smallest absolute Gasteiger partial charge is 0.0897 e. The van der Waals surface area contributed by atoms with Crippen molar-refractivity contribution >= 4 is 11.3 Å². The quantitative estimate of drug-likeness (QED) is 0.804. The van der Waals surface area contributed by atoms with E-state index < -0.39 is 0 Å². The van der Waals surface area contributed by atoms with Gasteiger partial charge in [0.15, 0.2) is 0 Å². The minimum Gasteiger partial charge on any atom is -0.311 e. The van der Waals surface area contributed by atoms with E-state index >= 15 is 0 Å². The molecular formula is C12H15N3S. The van der Waals surface area contributed by atoms with Crippen molar-refractivity contribution in [2.45, 2.75) is 19.9 Å². The largest absolute Gasteiger partial charge is 0.311 e. The first kappa shape index (κ1) is 11.2. The summed E-state index contributed by atoms with van der Waals surface area (Å²) in [4.78, 5) is 9.79. The Morgan fingerprint density at radius 3 is 2.94 bits per heavy atom. The summed E-state index contributed by atoms with van der Waals surface area (Å²) in [6, 6.07) is 6.02. The second-order valence-electron chi connectivity index (χ2n) is 3.59. The first-order valence-corrected chi connectivity index (χ1v) is 6.18. The first-order valence-electron chi connectivity index (χ1n) is 5.36. The lowest BCUT2D eigenvalue weighted by Gasteiger charge is -2.02. The third-order valence-electron chi connectivity index (χ3n) is 2.25. The monoisotopic (exact) mass is 233 g/mol. The van der Waals surface area contributed by atoms with E-state index in [-0.39, 0.29) is 0 Å². The van der Waals surface area contributed by atoms with Gasteiger partial charge in [-0.2, -0.15) is 0 Å². The Balaban J connectivity index is 1.69. The zero-order chi connectivity index (χ0) is 11.2.